The van der Waals surface area contributed by atoms with Gasteiger partial charge in [0.2, 0.25) is 0 Å². The first-order chi connectivity index (χ1) is 12.0. The molecule has 3 aromatic heterocycles. The van der Waals surface area contributed by atoms with Gasteiger partial charge in [-0.05, 0) is 11.6 Å². The van der Waals surface area contributed by atoms with E-state index in [1.54, 1.807) is 32.7 Å². The Kier molecular flexibility index (Phi) is 5.00. The van der Waals surface area contributed by atoms with Gasteiger partial charge < -0.3 is 4.74 Å². The molecule has 0 atom stereocenters. The number of pyridine rings is 2. The largest absolute Gasteiger partial charge is 0.380 e. The van der Waals surface area contributed by atoms with Gasteiger partial charge in [-0.15, -0.1) is 11.8 Å². The highest BCUT2D eigenvalue weighted by atomic mass is 32.2. The first kappa shape index (κ1) is 17.4. The number of thioether (sulfide) groups is 1. The van der Waals surface area contributed by atoms with Crippen molar-refractivity contribution in [3.05, 3.63) is 62.7 Å². The van der Waals surface area contributed by atoms with Gasteiger partial charge in [-0.25, -0.2) is 9.78 Å². The molecule has 0 amide bonds. The second kappa shape index (κ2) is 7.20. The summed E-state index contributed by atoms with van der Waals surface area (Å²) in [7, 11) is 4.68. The maximum Gasteiger partial charge on any atom is 0.332 e. The van der Waals surface area contributed by atoms with E-state index in [0.717, 1.165) is 20.6 Å². The number of fused-ring (bicyclic) bond motifs is 1. The van der Waals surface area contributed by atoms with Crippen LogP contribution >= 0.6 is 11.8 Å². The molecule has 8 heteroatoms. The topological polar surface area (TPSA) is 79.0 Å². The van der Waals surface area contributed by atoms with Crippen LogP contribution in [0, 0.1) is 0 Å². The number of hydrogen-bond donors (Lipinski definition) is 0. The van der Waals surface area contributed by atoms with Gasteiger partial charge in [-0.1, -0.05) is 6.07 Å². The van der Waals surface area contributed by atoms with Crippen LogP contribution in [-0.2, 0) is 31.2 Å². The van der Waals surface area contributed by atoms with Crippen LogP contribution in [0.15, 0.2) is 45.2 Å². The summed E-state index contributed by atoms with van der Waals surface area (Å²) >= 11 is 1.52. The summed E-state index contributed by atoms with van der Waals surface area (Å²) in [4.78, 5) is 34.1. The molecule has 0 radical (unpaired) electrons. The lowest BCUT2D eigenvalue weighted by Crippen LogP contribution is -2.37. The molecule has 0 unspecified atom stereocenters. The molecule has 3 rings (SSSR count). The van der Waals surface area contributed by atoms with Crippen molar-refractivity contribution in [3.8, 4) is 0 Å². The number of rotatable bonds is 5. The van der Waals surface area contributed by atoms with Crippen molar-refractivity contribution >= 4 is 22.8 Å². The second-order valence-corrected chi connectivity index (χ2v) is 6.59. The lowest BCUT2D eigenvalue weighted by atomic mass is 10.2. The zero-order valence-corrected chi connectivity index (χ0v) is 15.0. The number of aromatic nitrogens is 4. The standard InChI is InChI=1S/C17H18N4O3S/c1-20-15-13(16(22)21(2)17(20)23)14(12(8-19-15)9-24-3)25-10-11-5-4-6-18-7-11/h4-8H,9-10H2,1-3H3. The van der Waals surface area contributed by atoms with Crippen molar-refractivity contribution in [2.75, 3.05) is 7.11 Å². The van der Waals surface area contributed by atoms with E-state index in [4.69, 9.17) is 4.74 Å². The van der Waals surface area contributed by atoms with Crippen molar-refractivity contribution < 1.29 is 4.74 Å². The summed E-state index contributed by atoms with van der Waals surface area (Å²) in [6, 6.07) is 3.85. The molecule has 7 nitrogen and oxygen atoms in total. The number of methoxy groups -OCH3 is 1. The molecule has 130 valence electrons. The van der Waals surface area contributed by atoms with Crippen molar-refractivity contribution in [1.29, 1.82) is 0 Å². The third-order valence-corrected chi connectivity index (χ3v) is 5.13. The smallest absolute Gasteiger partial charge is 0.332 e. The van der Waals surface area contributed by atoms with Crippen LogP contribution in [0.4, 0.5) is 0 Å². The Balaban J connectivity index is 2.20. The van der Waals surface area contributed by atoms with Gasteiger partial charge in [0.1, 0.15) is 5.65 Å². The SMILES string of the molecule is COCc1cnc2c(c1SCc1cccnc1)c(=O)n(C)c(=O)n2C. The maximum atomic E-state index is 12.7. The highest BCUT2D eigenvalue weighted by Gasteiger charge is 2.17. The van der Waals surface area contributed by atoms with Crippen LogP contribution in [0.2, 0.25) is 0 Å². The highest BCUT2D eigenvalue weighted by molar-refractivity contribution is 7.98. The predicted octanol–water partition coefficient (Wildman–Crippen LogP) is 1.47. The van der Waals surface area contributed by atoms with Gasteiger partial charge in [-0.2, -0.15) is 0 Å². The van der Waals surface area contributed by atoms with E-state index >= 15 is 0 Å². The number of nitrogens with zero attached hydrogens (tertiary/aromatic N) is 4. The van der Waals surface area contributed by atoms with Crippen molar-refractivity contribution in [3.63, 3.8) is 0 Å². The van der Waals surface area contributed by atoms with E-state index < -0.39 is 5.69 Å². The number of hydrogen-bond acceptors (Lipinski definition) is 6. The Bertz CT molecular complexity index is 1030. The average molecular weight is 358 g/mol. The summed E-state index contributed by atoms with van der Waals surface area (Å²) in [6.45, 7) is 0.338. The lowest BCUT2D eigenvalue weighted by Gasteiger charge is -2.14. The predicted molar refractivity (Wildman–Crippen MR) is 96.7 cm³/mol. The van der Waals surface area contributed by atoms with Gasteiger partial charge in [0.15, 0.2) is 0 Å². The van der Waals surface area contributed by atoms with Crippen LogP contribution in [0.25, 0.3) is 11.0 Å². The average Bonchev–Trinajstić information content (AvgIpc) is 2.64. The van der Waals surface area contributed by atoms with Crippen LogP contribution in [0.5, 0.6) is 0 Å². The lowest BCUT2D eigenvalue weighted by molar-refractivity contribution is 0.183. The third-order valence-electron chi connectivity index (χ3n) is 3.90. The van der Waals surface area contributed by atoms with Gasteiger partial charge in [0.05, 0.1) is 12.0 Å². The van der Waals surface area contributed by atoms with Crippen LogP contribution in [0.3, 0.4) is 0 Å². The molecule has 0 spiro atoms. The summed E-state index contributed by atoms with van der Waals surface area (Å²) < 4.78 is 7.75. The molecular formula is C17H18N4O3S. The first-order valence-electron chi connectivity index (χ1n) is 7.62. The third kappa shape index (κ3) is 3.22. The molecule has 0 aromatic carbocycles. The van der Waals surface area contributed by atoms with Gasteiger partial charge in [-0.3, -0.25) is 18.9 Å². The van der Waals surface area contributed by atoms with E-state index in [1.165, 1.54) is 23.4 Å². The van der Waals surface area contributed by atoms with Crippen LogP contribution in [0.1, 0.15) is 11.1 Å². The Labute approximate surface area is 148 Å². The monoisotopic (exact) mass is 358 g/mol. The van der Waals surface area contributed by atoms with E-state index in [-0.39, 0.29) is 5.56 Å². The van der Waals surface area contributed by atoms with E-state index in [2.05, 4.69) is 9.97 Å². The van der Waals surface area contributed by atoms with Crippen molar-refractivity contribution in [1.82, 2.24) is 19.1 Å². The summed E-state index contributed by atoms with van der Waals surface area (Å²) in [5.41, 5.74) is 1.49. The van der Waals surface area contributed by atoms with Gasteiger partial charge >= 0.3 is 5.69 Å². The molecule has 0 saturated heterocycles. The molecule has 3 heterocycles. The number of aryl methyl sites for hydroxylation is 1. The Morgan fingerprint density at radius 3 is 2.68 bits per heavy atom. The van der Waals surface area contributed by atoms with E-state index in [0.29, 0.717) is 23.4 Å². The fraction of sp³-hybridized carbons (Fsp3) is 0.294. The molecule has 25 heavy (non-hydrogen) atoms. The van der Waals surface area contributed by atoms with Gasteiger partial charge in [0, 0.05) is 56.0 Å². The Morgan fingerprint density at radius 2 is 2.00 bits per heavy atom. The maximum absolute atomic E-state index is 12.7. The quantitative estimate of drug-likeness (QED) is 0.643. The Hall–Kier alpha value is -2.45. The summed E-state index contributed by atoms with van der Waals surface area (Å²) in [5.74, 6) is 0.648. The molecule has 0 aliphatic heterocycles. The van der Waals surface area contributed by atoms with Crippen LogP contribution in [-0.4, -0.2) is 26.2 Å². The molecule has 0 saturated carbocycles. The minimum absolute atomic E-state index is 0.338. The first-order valence-corrected chi connectivity index (χ1v) is 8.61. The zero-order valence-electron chi connectivity index (χ0n) is 14.2. The molecule has 0 fully saturated rings. The van der Waals surface area contributed by atoms with Crippen molar-refractivity contribution in [2.24, 2.45) is 14.1 Å². The molecule has 0 aliphatic carbocycles. The normalized spacial score (nSPS) is 11.2. The molecule has 0 N–H and O–H groups in total. The van der Waals surface area contributed by atoms with E-state index in [9.17, 15) is 9.59 Å². The summed E-state index contributed by atoms with van der Waals surface area (Å²) in [6.07, 6.45) is 5.17. The Morgan fingerprint density at radius 1 is 1.20 bits per heavy atom. The van der Waals surface area contributed by atoms with Crippen LogP contribution < -0.4 is 11.2 Å². The molecular weight excluding hydrogens is 340 g/mol. The van der Waals surface area contributed by atoms with Gasteiger partial charge in [0.25, 0.3) is 5.56 Å². The summed E-state index contributed by atoms with van der Waals surface area (Å²) in [5, 5.41) is 0.438. The fourth-order valence-corrected chi connectivity index (χ4v) is 3.71. The van der Waals surface area contributed by atoms with E-state index in [1.807, 2.05) is 12.1 Å². The highest BCUT2D eigenvalue weighted by Crippen LogP contribution is 2.30. The fourth-order valence-electron chi connectivity index (χ4n) is 2.60. The molecule has 0 aliphatic rings. The number of ether oxygens (including phenoxy) is 1. The zero-order chi connectivity index (χ0) is 18.0. The minimum Gasteiger partial charge on any atom is -0.380 e. The minimum atomic E-state index is -0.396. The molecule has 3 aromatic rings. The van der Waals surface area contributed by atoms with Crippen molar-refractivity contribution in [2.45, 2.75) is 17.3 Å². The second-order valence-electron chi connectivity index (χ2n) is 5.60. The molecule has 0 bridgehead atoms.